The lowest BCUT2D eigenvalue weighted by molar-refractivity contribution is -0.116. The minimum atomic E-state index is -0.0142. The van der Waals surface area contributed by atoms with Crippen LogP contribution in [0.15, 0.2) is 30.6 Å². The van der Waals surface area contributed by atoms with Crippen LogP contribution >= 0.6 is 0 Å². The molecule has 1 aromatic heterocycles. The van der Waals surface area contributed by atoms with Gasteiger partial charge in [0.25, 0.3) is 0 Å². The Bertz CT molecular complexity index is 408. The molecule has 1 saturated carbocycles. The van der Waals surface area contributed by atoms with Gasteiger partial charge in [0.15, 0.2) is 0 Å². The van der Waals surface area contributed by atoms with Gasteiger partial charge >= 0.3 is 0 Å². The standard InChI is InChI=1S/C16H22N2O/c19-16(9-8-15-7-4-11-17-13-15)18-12-10-14-5-2-1-3-6-14/h4,7-9,11,13-14H,1-3,5-6,10,12H2,(H,18,19)/b9-8+. The summed E-state index contributed by atoms with van der Waals surface area (Å²) in [6.45, 7) is 0.793. The second kappa shape index (κ2) is 7.72. The molecule has 0 unspecified atom stereocenters. The first kappa shape index (κ1) is 13.8. The molecular weight excluding hydrogens is 236 g/mol. The van der Waals surface area contributed by atoms with Crippen molar-refractivity contribution in [1.82, 2.24) is 10.3 Å². The van der Waals surface area contributed by atoms with E-state index in [1.54, 1.807) is 24.5 Å². The highest BCUT2D eigenvalue weighted by Gasteiger charge is 2.12. The summed E-state index contributed by atoms with van der Waals surface area (Å²) in [5.41, 5.74) is 0.949. The Morgan fingerprint density at radius 1 is 1.37 bits per heavy atom. The third-order valence-electron chi connectivity index (χ3n) is 3.69. The molecule has 1 heterocycles. The molecule has 0 spiro atoms. The lowest BCUT2D eigenvalue weighted by Crippen LogP contribution is -2.24. The predicted molar refractivity (Wildman–Crippen MR) is 77.5 cm³/mol. The molecule has 1 N–H and O–H groups in total. The van der Waals surface area contributed by atoms with Gasteiger partial charge < -0.3 is 5.32 Å². The van der Waals surface area contributed by atoms with Crippen molar-refractivity contribution in [3.63, 3.8) is 0 Å². The Morgan fingerprint density at radius 3 is 2.95 bits per heavy atom. The fraction of sp³-hybridized carbons (Fsp3) is 0.500. The minimum absolute atomic E-state index is 0.0142. The van der Waals surface area contributed by atoms with Crippen LogP contribution in [0.25, 0.3) is 6.08 Å². The van der Waals surface area contributed by atoms with Crippen molar-refractivity contribution in [2.24, 2.45) is 5.92 Å². The first-order chi connectivity index (χ1) is 9.34. The number of nitrogens with one attached hydrogen (secondary N) is 1. The van der Waals surface area contributed by atoms with E-state index in [0.717, 1.165) is 24.4 Å². The molecular formula is C16H22N2O. The van der Waals surface area contributed by atoms with Crippen molar-refractivity contribution >= 4 is 12.0 Å². The van der Waals surface area contributed by atoms with Crippen LogP contribution < -0.4 is 5.32 Å². The number of hydrogen-bond donors (Lipinski definition) is 1. The van der Waals surface area contributed by atoms with Crippen LogP contribution in [-0.2, 0) is 4.79 Å². The highest BCUT2D eigenvalue weighted by Crippen LogP contribution is 2.25. The summed E-state index contributed by atoms with van der Waals surface area (Å²) in [5, 5.41) is 2.95. The maximum Gasteiger partial charge on any atom is 0.244 e. The number of pyridine rings is 1. The Balaban J connectivity index is 1.65. The van der Waals surface area contributed by atoms with Gasteiger partial charge in [-0.05, 0) is 30.0 Å². The number of aromatic nitrogens is 1. The summed E-state index contributed by atoms with van der Waals surface area (Å²) in [6.07, 6.45) is 14.7. The molecule has 0 aromatic carbocycles. The van der Waals surface area contributed by atoms with E-state index in [-0.39, 0.29) is 5.91 Å². The van der Waals surface area contributed by atoms with Gasteiger partial charge in [-0.2, -0.15) is 0 Å². The lowest BCUT2D eigenvalue weighted by Gasteiger charge is -2.21. The molecule has 19 heavy (non-hydrogen) atoms. The molecule has 1 aliphatic rings. The Hall–Kier alpha value is -1.64. The topological polar surface area (TPSA) is 42.0 Å². The van der Waals surface area contributed by atoms with Crippen LogP contribution in [0.5, 0.6) is 0 Å². The molecule has 0 bridgehead atoms. The third kappa shape index (κ3) is 5.25. The first-order valence-electron chi connectivity index (χ1n) is 7.20. The average Bonchev–Trinajstić information content (AvgIpc) is 2.47. The molecule has 0 atom stereocenters. The average molecular weight is 258 g/mol. The van der Waals surface area contributed by atoms with E-state index in [2.05, 4.69) is 10.3 Å². The number of nitrogens with zero attached hydrogens (tertiary/aromatic N) is 1. The van der Waals surface area contributed by atoms with Crippen molar-refractivity contribution in [1.29, 1.82) is 0 Å². The van der Waals surface area contributed by atoms with Crippen molar-refractivity contribution in [3.8, 4) is 0 Å². The predicted octanol–water partition coefficient (Wildman–Crippen LogP) is 3.18. The third-order valence-corrected chi connectivity index (χ3v) is 3.69. The fourth-order valence-corrected chi connectivity index (χ4v) is 2.58. The second-order valence-corrected chi connectivity index (χ2v) is 5.20. The zero-order chi connectivity index (χ0) is 13.3. The summed E-state index contributed by atoms with van der Waals surface area (Å²) in [7, 11) is 0. The Morgan fingerprint density at radius 2 is 2.21 bits per heavy atom. The number of carbonyl (C=O) groups excluding carboxylic acids is 1. The van der Waals surface area contributed by atoms with E-state index in [0.29, 0.717) is 0 Å². The summed E-state index contributed by atoms with van der Waals surface area (Å²) in [6, 6.07) is 3.79. The number of carbonyl (C=O) groups is 1. The lowest BCUT2D eigenvalue weighted by atomic mass is 9.87. The van der Waals surface area contributed by atoms with Crippen LogP contribution in [0, 0.1) is 5.92 Å². The van der Waals surface area contributed by atoms with Gasteiger partial charge in [-0.15, -0.1) is 0 Å². The zero-order valence-electron chi connectivity index (χ0n) is 11.3. The van der Waals surface area contributed by atoms with E-state index in [1.165, 1.54) is 32.1 Å². The molecule has 3 heteroatoms. The van der Waals surface area contributed by atoms with Crippen LogP contribution in [0.4, 0.5) is 0 Å². The maximum atomic E-state index is 11.6. The van der Waals surface area contributed by atoms with E-state index in [1.807, 2.05) is 12.1 Å². The zero-order valence-corrected chi connectivity index (χ0v) is 11.3. The van der Waals surface area contributed by atoms with Gasteiger partial charge in [0.2, 0.25) is 5.91 Å². The van der Waals surface area contributed by atoms with Crippen LogP contribution in [0.2, 0.25) is 0 Å². The van der Waals surface area contributed by atoms with Crippen LogP contribution in [0.3, 0.4) is 0 Å². The van der Waals surface area contributed by atoms with E-state index in [4.69, 9.17) is 0 Å². The number of rotatable bonds is 5. The summed E-state index contributed by atoms with van der Waals surface area (Å²) in [5.74, 6) is 0.802. The van der Waals surface area contributed by atoms with Gasteiger partial charge in [0, 0.05) is 25.0 Å². The molecule has 2 rings (SSSR count). The molecule has 0 saturated heterocycles. The Labute approximate surface area is 115 Å². The fourth-order valence-electron chi connectivity index (χ4n) is 2.58. The molecule has 1 aromatic rings. The molecule has 1 fully saturated rings. The molecule has 1 amide bonds. The van der Waals surface area contributed by atoms with Gasteiger partial charge in [0.05, 0.1) is 0 Å². The SMILES string of the molecule is O=C(/C=C/c1cccnc1)NCCC1CCCCC1. The van der Waals surface area contributed by atoms with Crippen LogP contribution in [-0.4, -0.2) is 17.4 Å². The van der Waals surface area contributed by atoms with Crippen molar-refractivity contribution < 1.29 is 4.79 Å². The minimum Gasteiger partial charge on any atom is -0.353 e. The molecule has 0 aliphatic heterocycles. The van der Waals surface area contributed by atoms with E-state index >= 15 is 0 Å². The molecule has 1 aliphatic carbocycles. The van der Waals surface area contributed by atoms with Crippen molar-refractivity contribution in [2.75, 3.05) is 6.54 Å². The summed E-state index contributed by atoms with van der Waals surface area (Å²) in [4.78, 5) is 15.6. The molecule has 0 radical (unpaired) electrons. The molecule has 3 nitrogen and oxygen atoms in total. The summed E-state index contributed by atoms with van der Waals surface area (Å²) < 4.78 is 0. The normalized spacial score (nSPS) is 16.6. The van der Waals surface area contributed by atoms with E-state index < -0.39 is 0 Å². The molecule has 102 valence electrons. The number of amides is 1. The van der Waals surface area contributed by atoms with Crippen LogP contribution in [0.1, 0.15) is 44.1 Å². The summed E-state index contributed by atoms with van der Waals surface area (Å²) >= 11 is 0. The van der Waals surface area contributed by atoms with Gasteiger partial charge in [-0.3, -0.25) is 9.78 Å². The van der Waals surface area contributed by atoms with Gasteiger partial charge in [-0.25, -0.2) is 0 Å². The van der Waals surface area contributed by atoms with Gasteiger partial charge in [-0.1, -0.05) is 38.2 Å². The maximum absolute atomic E-state index is 11.6. The largest absolute Gasteiger partial charge is 0.353 e. The van der Waals surface area contributed by atoms with Crippen molar-refractivity contribution in [3.05, 3.63) is 36.2 Å². The second-order valence-electron chi connectivity index (χ2n) is 5.20. The number of hydrogen-bond acceptors (Lipinski definition) is 2. The first-order valence-corrected chi connectivity index (χ1v) is 7.20. The highest BCUT2D eigenvalue weighted by molar-refractivity contribution is 5.91. The van der Waals surface area contributed by atoms with Gasteiger partial charge in [0.1, 0.15) is 0 Å². The highest BCUT2D eigenvalue weighted by atomic mass is 16.1. The smallest absolute Gasteiger partial charge is 0.244 e. The Kier molecular flexibility index (Phi) is 5.60. The quantitative estimate of drug-likeness (QED) is 0.824. The monoisotopic (exact) mass is 258 g/mol. The van der Waals surface area contributed by atoms with Crippen molar-refractivity contribution in [2.45, 2.75) is 38.5 Å². The van der Waals surface area contributed by atoms with E-state index in [9.17, 15) is 4.79 Å².